The van der Waals surface area contributed by atoms with Crippen molar-refractivity contribution in [2.45, 2.75) is 51.0 Å². The molecule has 126 valence electrons. The zero-order valence-corrected chi connectivity index (χ0v) is 14.1. The molecule has 0 aromatic heterocycles. The molecule has 8 heteroatoms. The minimum absolute atomic E-state index is 0.133. The van der Waals surface area contributed by atoms with E-state index < -0.39 is 26.0 Å². The smallest absolute Gasteiger partial charge is 0.458 e. The summed E-state index contributed by atoms with van der Waals surface area (Å²) in [5.74, 6) is -4.82. The maximum absolute atomic E-state index is 13.3. The number of alkyl halides is 5. The Kier molecular flexibility index (Phi) is 4.60. The van der Waals surface area contributed by atoms with Crippen LogP contribution in [0.25, 0.3) is 0 Å². The second-order valence-electron chi connectivity index (χ2n) is 6.69. The van der Waals surface area contributed by atoms with Gasteiger partial charge in [0.25, 0.3) is 8.32 Å². The lowest BCUT2D eigenvalue weighted by Crippen LogP contribution is -2.44. The molecule has 1 rings (SSSR count). The Hall–Kier alpha value is -1.31. The van der Waals surface area contributed by atoms with Crippen LogP contribution in [-0.2, 0) is 5.92 Å². The van der Waals surface area contributed by atoms with Crippen LogP contribution in [0.1, 0.15) is 26.3 Å². The fourth-order valence-electron chi connectivity index (χ4n) is 1.43. The average molecular weight is 341 g/mol. The van der Waals surface area contributed by atoms with Gasteiger partial charge in [0.15, 0.2) is 0 Å². The topological polar surface area (TPSA) is 35.2 Å². The second-order valence-corrected chi connectivity index (χ2v) is 11.4. The Morgan fingerprint density at radius 2 is 1.50 bits per heavy atom. The van der Waals surface area contributed by atoms with Crippen LogP contribution in [0.5, 0.6) is 5.75 Å². The molecule has 0 radical (unpaired) electrons. The number of nitrogen functional groups attached to an aromatic ring is 1. The van der Waals surface area contributed by atoms with Crippen molar-refractivity contribution < 1.29 is 26.4 Å². The molecular formula is C14H20F5NOSi. The van der Waals surface area contributed by atoms with Gasteiger partial charge < -0.3 is 10.2 Å². The van der Waals surface area contributed by atoms with Gasteiger partial charge in [-0.25, -0.2) is 0 Å². The van der Waals surface area contributed by atoms with Crippen LogP contribution in [-0.4, -0.2) is 14.5 Å². The summed E-state index contributed by atoms with van der Waals surface area (Å²) in [7, 11) is -2.27. The normalized spacial score (nSPS) is 14.1. The molecule has 2 N–H and O–H groups in total. The molecule has 0 bridgehead atoms. The number of anilines is 1. The number of halogens is 5. The van der Waals surface area contributed by atoms with Gasteiger partial charge in [-0.1, -0.05) is 20.8 Å². The summed E-state index contributed by atoms with van der Waals surface area (Å²) in [6.45, 7) is 9.76. The van der Waals surface area contributed by atoms with Gasteiger partial charge in [-0.2, -0.15) is 22.0 Å². The molecule has 0 aliphatic carbocycles. The SMILES string of the molecule is CC(C)(C)[Si](C)(C)Oc1ccc(C(F)(F)C(F)(F)F)cc1N. The molecule has 0 aliphatic rings. The van der Waals surface area contributed by atoms with Gasteiger partial charge in [0.1, 0.15) is 5.75 Å². The summed E-state index contributed by atoms with van der Waals surface area (Å²) < 4.78 is 69.5. The number of benzene rings is 1. The Labute approximate surface area is 127 Å². The van der Waals surface area contributed by atoms with E-state index in [2.05, 4.69) is 0 Å². The van der Waals surface area contributed by atoms with Crippen molar-refractivity contribution in [3.63, 3.8) is 0 Å². The summed E-state index contributed by atoms with van der Waals surface area (Å²) in [6, 6.07) is 2.40. The number of hydrogen-bond donors (Lipinski definition) is 1. The summed E-state index contributed by atoms with van der Waals surface area (Å²) in [6.07, 6.45) is -5.67. The van der Waals surface area contributed by atoms with Crippen LogP contribution in [0, 0.1) is 0 Å². The van der Waals surface area contributed by atoms with E-state index in [1.807, 2.05) is 33.9 Å². The Morgan fingerprint density at radius 1 is 1.00 bits per heavy atom. The van der Waals surface area contributed by atoms with E-state index in [9.17, 15) is 22.0 Å². The van der Waals surface area contributed by atoms with E-state index in [1.165, 1.54) is 0 Å². The first-order valence-electron chi connectivity index (χ1n) is 6.63. The maximum Gasteiger partial charge on any atom is 0.458 e. The largest absolute Gasteiger partial charge is 0.542 e. The molecule has 0 unspecified atom stereocenters. The highest BCUT2D eigenvalue weighted by Crippen LogP contribution is 2.46. The molecule has 0 heterocycles. The van der Waals surface area contributed by atoms with E-state index in [0.29, 0.717) is 12.1 Å². The molecule has 1 aromatic carbocycles. The predicted octanol–water partition coefficient (Wildman–Crippen LogP) is 5.31. The minimum Gasteiger partial charge on any atom is -0.542 e. The molecule has 2 nitrogen and oxygen atoms in total. The van der Waals surface area contributed by atoms with Crippen molar-refractivity contribution in [2.75, 3.05) is 5.73 Å². The molecule has 0 saturated carbocycles. The average Bonchev–Trinajstić information content (AvgIpc) is 2.28. The second kappa shape index (κ2) is 5.40. The summed E-state index contributed by atoms with van der Waals surface area (Å²) in [5, 5.41) is -0.159. The Bertz CT molecular complexity index is 549. The standard InChI is InChI=1S/C14H20F5NOSi/c1-12(2,3)22(4,5)21-11-7-6-9(8-10(11)20)13(15,16)14(17,18)19/h6-8H,20H2,1-5H3. The van der Waals surface area contributed by atoms with Crippen molar-refractivity contribution in [2.24, 2.45) is 0 Å². The van der Waals surface area contributed by atoms with E-state index in [-0.39, 0.29) is 16.5 Å². The van der Waals surface area contributed by atoms with Gasteiger partial charge in [-0.3, -0.25) is 0 Å². The fraction of sp³-hybridized carbons (Fsp3) is 0.571. The minimum atomic E-state index is -5.67. The van der Waals surface area contributed by atoms with Crippen LogP contribution in [0.2, 0.25) is 18.1 Å². The lowest BCUT2D eigenvalue weighted by Gasteiger charge is -2.36. The zero-order chi connectivity index (χ0) is 17.6. The van der Waals surface area contributed by atoms with Crippen molar-refractivity contribution in [1.29, 1.82) is 0 Å². The predicted molar refractivity (Wildman–Crippen MR) is 78.6 cm³/mol. The van der Waals surface area contributed by atoms with Crippen molar-refractivity contribution >= 4 is 14.0 Å². The molecule has 0 amide bonds. The van der Waals surface area contributed by atoms with Crippen LogP contribution < -0.4 is 10.2 Å². The summed E-state index contributed by atoms with van der Waals surface area (Å²) in [5.41, 5.74) is 4.18. The number of nitrogens with two attached hydrogens (primary N) is 1. The molecule has 0 spiro atoms. The van der Waals surface area contributed by atoms with Crippen molar-refractivity contribution in [1.82, 2.24) is 0 Å². The first-order valence-corrected chi connectivity index (χ1v) is 9.54. The number of rotatable bonds is 3. The van der Waals surface area contributed by atoms with Gasteiger partial charge in [-0.05, 0) is 36.3 Å². The first-order chi connectivity index (χ1) is 9.59. The highest BCUT2D eigenvalue weighted by Gasteiger charge is 2.58. The van der Waals surface area contributed by atoms with Crippen LogP contribution in [0.3, 0.4) is 0 Å². The molecule has 22 heavy (non-hydrogen) atoms. The van der Waals surface area contributed by atoms with Gasteiger partial charge >= 0.3 is 12.1 Å². The van der Waals surface area contributed by atoms with E-state index in [1.54, 1.807) is 0 Å². The Balaban J connectivity index is 3.17. The van der Waals surface area contributed by atoms with Gasteiger partial charge in [-0.15, -0.1) is 0 Å². The van der Waals surface area contributed by atoms with Crippen molar-refractivity contribution in [3.8, 4) is 5.75 Å². The maximum atomic E-state index is 13.3. The third-order valence-electron chi connectivity index (χ3n) is 3.90. The molecular weight excluding hydrogens is 321 g/mol. The summed E-state index contributed by atoms with van der Waals surface area (Å²) in [4.78, 5) is 0. The first kappa shape index (κ1) is 18.7. The van der Waals surface area contributed by atoms with Gasteiger partial charge in [0.2, 0.25) is 0 Å². The lowest BCUT2D eigenvalue weighted by molar-refractivity contribution is -0.289. The van der Waals surface area contributed by atoms with Crippen LogP contribution >= 0.6 is 0 Å². The molecule has 0 fully saturated rings. The fourth-order valence-corrected chi connectivity index (χ4v) is 2.47. The van der Waals surface area contributed by atoms with Crippen molar-refractivity contribution in [3.05, 3.63) is 23.8 Å². The van der Waals surface area contributed by atoms with E-state index in [0.717, 1.165) is 6.07 Å². The highest BCUT2D eigenvalue weighted by atomic mass is 28.4. The monoisotopic (exact) mass is 341 g/mol. The van der Waals surface area contributed by atoms with Crippen LogP contribution in [0.4, 0.5) is 27.6 Å². The third kappa shape index (κ3) is 3.53. The third-order valence-corrected chi connectivity index (χ3v) is 8.24. The van der Waals surface area contributed by atoms with E-state index in [4.69, 9.17) is 10.2 Å². The zero-order valence-electron chi connectivity index (χ0n) is 13.1. The Morgan fingerprint density at radius 3 is 1.86 bits per heavy atom. The quantitative estimate of drug-likeness (QED) is 0.459. The summed E-state index contributed by atoms with van der Waals surface area (Å²) >= 11 is 0. The molecule has 1 aromatic rings. The van der Waals surface area contributed by atoms with E-state index >= 15 is 0 Å². The molecule has 0 atom stereocenters. The van der Waals surface area contributed by atoms with Gasteiger partial charge in [0, 0.05) is 5.56 Å². The van der Waals surface area contributed by atoms with Crippen LogP contribution in [0.15, 0.2) is 18.2 Å². The molecule has 0 aliphatic heterocycles. The van der Waals surface area contributed by atoms with Gasteiger partial charge in [0.05, 0.1) is 5.69 Å². The number of hydrogen-bond acceptors (Lipinski definition) is 2. The lowest BCUT2D eigenvalue weighted by atomic mass is 10.1. The molecule has 0 saturated heterocycles. The highest BCUT2D eigenvalue weighted by molar-refractivity contribution is 6.74.